The minimum atomic E-state index is -3.70. The van der Waals surface area contributed by atoms with E-state index in [0.717, 1.165) is 10.9 Å². The molecule has 1 heterocycles. The van der Waals surface area contributed by atoms with Crippen LogP contribution in [-0.4, -0.2) is 14.6 Å². The molecule has 0 atom stereocenters. The number of benzene rings is 2. The first-order valence-corrected chi connectivity index (χ1v) is 7.84. The molecule has 0 N–H and O–H groups in total. The number of para-hydroxylation sites is 1. The monoisotopic (exact) mass is 299 g/mol. The molecule has 5 heteroatoms. The van der Waals surface area contributed by atoms with Gasteiger partial charge in [-0.1, -0.05) is 35.9 Å². The molecule has 0 fully saturated rings. The van der Waals surface area contributed by atoms with Gasteiger partial charge in [-0.15, -0.1) is 0 Å². The molecule has 3 aromatic rings. The van der Waals surface area contributed by atoms with Crippen LogP contribution < -0.4 is 0 Å². The van der Waals surface area contributed by atoms with Gasteiger partial charge < -0.3 is 4.42 Å². The largest absolute Gasteiger partial charge is 0.455 e. The second-order valence-corrected chi connectivity index (χ2v) is 6.34. The number of hydrogen-bond donors (Lipinski definition) is 0. The Bertz CT molecular complexity index is 873. The lowest BCUT2D eigenvalue weighted by Gasteiger charge is -1.98. The summed E-state index contributed by atoms with van der Waals surface area (Å²) in [6.45, 7) is 1.90. The molecule has 0 aliphatic rings. The molecule has 0 amide bonds. The van der Waals surface area contributed by atoms with Crippen LogP contribution in [-0.2, 0) is 10.0 Å². The maximum atomic E-state index is 12.1. The molecule has 1 aromatic heterocycles. The summed E-state index contributed by atoms with van der Waals surface area (Å²) < 4.78 is 33.4. The molecule has 0 aliphatic heterocycles. The highest BCUT2D eigenvalue weighted by Crippen LogP contribution is 2.18. The lowest BCUT2D eigenvalue weighted by molar-refractivity contribution is 0.595. The van der Waals surface area contributed by atoms with E-state index in [1.54, 1.807) is 30.3 Å². The highest BCUT2D eigenvalue weighted by molar-refractivity contribution is 7.90. The number of nitrogens with zero attached hydrogens (tertiary/aromatic N) is 1. The number of fused-ring (bicyclic) bond motifs is 1. The van der Waals surface area contributed by atoms with Gasteiger partial charge in [0.15, 0.2) is 0 Å². The summed E-state index contributed by atoms with van der Waals surface area (Å²) in [4.78, 5) is 0.167. The van der Waals surface area contributed by atoms with Crippen LogP contribution in [0.3, 0.4) is 0 Å². The van der Waals surface area contributed by atoms with E-state index in [4.69, 9.17) is 4.42 Å². The standard InChI is InChI=1S/C16H13NO3S/c1-12-6-8-15(9-7-12)21(18,19)17-11-14-10-13-4-2-3-5-16(13)20-14/h2-11H,1H3/b17-11-. The van der Waals surface area contributed by atoms with Crippen molar-refractivity contribution in [1.82, 2.24) is 0 Å². The van der Waals surface area contributed by atoms with Crippen LogP contribution in [0.4, 0.5) is 0 Å². The molecule has 4 nitrogen and oxygen atoms in total. The van der Waals surface area contributed by atoms with E-state index in [1.807, 2.05) is 31.2 Å². The molecule has 0 saturated carbocycles. The van der Waals surface area contributed by atoms with Crippen molar-refractivity contribution >= 4 is 27.2 Å². The normalized spacial score (nSPS) is 12.2. The average molecular weight is 299 g/mol. The molecule has 106 valence electrons. The first-order chi connectivity index (χ1) is 10.0. The molecular formula is C16H13NO3S. The van der Waals surface area contributed by atoms with E-state index in [2.05, 4.69) is 4.40 Å². The van der Waals surface area contributed by atoms with Crippen molar-refractivity contribution < 1.29 is 12.8 Å². The van der Waals surface area contributed by atoms with Crippen LogP contribution in [0.2, 0.25) is 0 Å². The van der Waals surface area contributed by atoms with Crippen molar-refractivity contribution in [3.63, 3.8) is 0 Å². The molecule has 0 spiro atoms. The molecule has 21 heavy (non-hydrogen) atoms. The number of sulfonamides is 1. The van der Waals surface area contributed by atoms with Gasteiger partial charge in [0.2, 0.25) is 0 Å². The number of furan rings is 1. The van der Waals surface area contributed by atoms with Crippen LogP contribution in [0.25, 0.3) is 11.0 Å². The topological polar surface area (TPSA) is 59.6 Å². The summed E-state index contributed by atoms with van der Waals surface area (Å²) in [6, 6.07) is 15.8. The number of hydrogen-bond acceptors (Lipinski definition) is 3. The smallest absolute Gasteiger partial charge is 0.282 e. The zero-order valence-corrected chi connectivity index (χ0v) is 12.2. The maximum Gasteiger partial charge on any atom is 0.282 e. The molecular weight excluding hydrogens is 286 g/mol. The van der Waals surface area contributed by atoms with Gasteiger partial charge in [0.05, 0.1) is 11.1 Å². The van der Waals surface area contributed by atoms with E-state index in [9.17, 15) is 8.42 Å². The number of rotatable bonds is 3. The lowest BCUT2D eigenvalue weighted by atomic mass is 10.2. The van der Waals surface area contributed by atoms with Gasteiger partial charge in [0, 0.05) is 5.39 Å². The SMILES string of the molecule is Cc1ccc(S(=O)(=O)/N=C\c2cc3ccccc3o2)cc1. The fourth-order valence-electron chi connectivity index (χ4n) is 1.96. The van der Waals surface area contributed by atoms with Crippen molar-refractivity contribution in [1.29, 1.82) is 0 Å². The van der Waals surface area contributed by atoms with Gasteiger partial charge in [-0.25, -0.2) is 0 Å². The Morgan fingerprint density at radius 2 is 1.76 bits per heavy atom. The second-order valence-electron chi connectivity index (χ2n) is 4.71. The van der Waals surface area contributed by atoms with Crippen molar-refractivity contribution in [2.24, 2.45) is 4.40 Å². The lowest BCUT2D eigenvalue weighted by Crippen LogP contribution is -1.97. The van der Waals surface area contributed by atoms with Gasteiger partial charge in [-0.2, -0.15) is 12.8 Å². The third kappa shape index (κ3) is 2.87. The van der Waals surface area contributed by atoms with Crippen LogP contribution in [0.15, 0.2) is 68.3 Å². The Morgan fingerprint density at radius 3 is 2.48 bits per heavy atom. The van der Waals surface area contributed by atoms with E-state index in [0.29, 0.717) is 11.3 Å². The van der Waals surface area contributed by atoms with Gasteiger partial charge >= 0.3 is 0 Å². The summed E-state index contributed by atoms with van der Waals surface area (Å²) in [5.41, 5.74) is 1.70. The predicted molar refractivity (Wildman–Crippen MR) is 82.2 cm³/mol. The maximum absolute atomic E-state index is 12.1. The van der Waals surface area contributed by atoms with Crippen molar-refractivity contribution in [2.45, 2.75) is 11.8 Å². The Kier molecular flexibility index (Phi) is 3.35. The van der Waals surface area contributed by atoms with Crippen molar-refractivity contribution in [3.8, 4) is 0 Å². The first-order valence-electron chi connectivity index (χ1n) is 6.40. The molecule has 2 aromatic carbocycles. The van der Waals surface area contributed by atoms with Gasteiger partial charge in [-0.3, -0.25) is 0 Å². The summed E-state index contributed by atoms with van der Waals surface area (Å²) in [6.07, 6.45) is 1.23. The highest BCUT2D eigenvalue weighted by Gasteiger charge is 2.11. The number of aryl methyl sites for hydroxylation is 1. The molecule has 0 unspecified atom stereocenters. The Labute approximate surface area is 122 Å². The summed E-state index contributed by atoms with van der Waals surface area (Å²) >= 11 is 0. The Morgan fingerprint density at radius 1 is 1.05 bits per heavy atom. The fraction of sp³-hybridized carbons (Fsp3) is 0.0625. The third-order valence-electron chi connectivity index (χ3n) is 3.08. The Hall–Kier alpha value is -2.40. The van der Waals surface area contributed by atoms with E-state index in [-0.39, 0.29) is 4.90 Å². The van der Waals surface area contributed by atoms with Crippen molar-refractivity contribution in [2.75, 3.05) is 0 Å². The van der Waals surface area contributed by atoms with E-state index < -0.39 is 10.0 Å². The fourth-order valence-corrected chi connectivity index (χ4v) is 2.80. The van der Waals surface area contributed by atoms with Crippen molar-refractivity contribution in [3.05, 3.63) is 65.9 Å². The van der Waals surface area contributed by atoms with E-state index >= 15 is 0 Å². The quantitative estimate of drug-likeness (QED) is 0.695. The highest BCUT2D eigenvalue weighted by atomic mass is 32.2. The minimum absolute atomic E-state index is 0.167. The summed E-state index contributed by atoms with van der Waals surface area (Å²) in [5, 5.41) is 0.909. The second kappa shape index (κ2) is 5.18. The van der Waals surface area contributed by atoms with Gasteiger partial charge in [0.1, 0.15) is 11.3 Å². The third-order valence-corrected chi connectivity index (χ3v) is 4.33. The van der Waals surface area contributed by atoms with Gasteiger partial charge in [-0.05, 0) is 31.2 Å². The summed E-state index contributed by atoms with van der Waals surface area (Å²) in [7, 11) is -3.70. The molecule has 0 saturated heterocycles. The predicted octanol–water partition coefficient (Wildman–Crippen LogP) is 3.55. The van der Waals surface area contributed by atoms with Crippen LogP contribution in [0.1, 0.15) is 11.3 Å². The molecule has 0 aliphatic carbocycles. The first kappa shape index (κ1) is 13.6. The van der Waals surface area contributed by atoms with Crippen LogP contribution in [0.5, 0.6) is 0 Å². The van der Waals surface area contributed by atoms with Crippen LogP contribution in [0, 0.1) is 6.92 Å². The molecule has 0 radical (unpaired) electrons. The summed E-state index contributed by atoms with van der Waals surface area (Å²) in [5.74, 6) is 0.409. The van der Waals surface area contributed by atoms with E-state index in [1.165, 1.54) is 6.21 Å². The molecule has 0 bridgehead atoms. The van der Waals surface area contributed by atoms with Gasteiger partial charge in [0.25, 0.3) is 10.0 Å². The average Bonchev–Trinajstić information content (AvgIpc) is 2.89. The zero-order valence-electron chi connectivity index (χ0n) is 11.4. The zero-order chi connectivity index (χ0) is 14.9. The molecule has 3 rings (SSSR count). The van der Waals surface area contributed by atoms with Crippen LogP contribution >= 0.6 is 0 Å². The Balaban J connectivity index is 1.92. The minimum Gasteiger partial charge on any atom is -0.455 e.